The van der Waals surface area contributed by atoms with Crippen LogP contribution in [0.15, 0.2) is 46.9 Å². The van der Waals surface area contributed by atoms with Gasteiger partial charge in [0.2, 0.25) is 0 Å². The smallest absolute Gasteiger partial charge is 0.133 e. The molecule has 0 amide bonds. The van der Waals surface area contributed by atoms with Crippen molar-refractivity contribution in [3.8, 4) is 11.5 Å². The second-order valence-corrected chi connectivity index (χ2v) is 6.30. The zero-order chi connectivity index (χ0) is 14.8. The fourth-order valence-corrected chi connectivity index (χ4v) is 3.48. The van der Waals surface area contributed by atoms with Crippen molar-refractivity contribution in [3.63, 3.8) is 0 Å². The van der Waals surface area contributed by atoms with Crippen molar-refractivity contribution in [3.05, 3.63) is 58.1 Å². The van der Waals surface area contributed by atoms with Crippen molar-refractivity contribution < 1.29 is 9.47 Å². The topological polar surface area (TPSA) is 18.5 Å². The minimum atomic E-state index is -0.124. The molecular weight excluding hydrogens is 352 g/mol. The Morgan fingerprint density at radius 2 is 2.14 bits per heavy atom. The molecule has 0 saturated carbocycles. The molecule has 0 aromatic heterocycles. The van der Waals surface area contributed by atoms with Gasteiger partial charge in [0, 0.05) is 11.5 Å². The van der Waals surface area contributed by atoms with E-state index in [0.29, 0.717) is 13.2 Å². The van der Waals surface area contributed by atoms with Gasteiger partial charge in [-0.15, -0.1) is 11.6 Å². The highest BCUT2D eigenvalue weighted by Gasteiger charge is 2.31. The maximum Gasteiger partial charge on any atom is 0.133 e. The second kappa shape index (κ2) is 6.29. The van der Waals surface area contributed by atoms with Gasteiger partial charge in [-0.2, -0.15) is 0 Å². The number of para-hydroxylation sites is 1. The summed E-state index contributed by atoms with van der Waals surface area (Å²) >= 11 is 10.2. The summed E-state index contributed by atoms with van der Waals surface area (Å²) in [7, 11) is 0. The van der Waals surface area contributed by atoms with E-state index >= 15 is 0 Å². The van der Waals surface area contributed by atoms with E-state index in [0.717, 1.165) is 21.5 Å². The largest absolute Gasteiger partial charge is 0.493 e. The van der Waals surface area contributed by atoms with E-state index in [1.165, 1.54) is 5.56 Å². The quantitative estimate of drug-likeness (QED) is 0.682. The molecule has 1 aliphatic rings. The molecule has 4 heteroatoms. The molecule has 2 unspecified atom stereocenters. The van der Waals surface area contributed by atoms with Crippen molar-refractivity contribution >= 4 is 27.5 Å². The third-order valence-corrected chi connectivity index (χ3v) is 4.84. The normalized spacial score (nSPS) is 18.0. The highest BCUT2D eigenvalue weighted by atomic mass is 79.9. The molecule has 0 N–H and O–H groups in total. The van der Waals surface area contributed by atoms with Gasteiger partial charge in [0.1, 0.15) is 11.5 Å². The molecule has 2 aromatic carbocycles. The summed E-state index contributed by atoms with van der Waals surface area (Å²) in [5.74, 6) is 1.96. The highest BCUT2D eigenvalue weighted by Crippen LogP contribution is 2.45. The first-order valence-electron chi connectivity index (χ1n) is 6.98. The molecule has 2 aromatic rings. The van der Waals surface area contributed by atoms with E-state index in [9.17, 15) is 0 Å². The summed E-state index contributed by atoms with van der Waals surface area (Å²) in [6.07, 6.45) is 0. The van der Waals surface area contributed by atoms with Crippen molar-refractivity contribution in [1.82, 2.24) is 0 Å². The van der Waals surface area contributed by atoms with Gasteiger partial charge in [-0.1, -0.05) is 24.3 Å². The van der Waals surface area contributed by atoms with E-state index in [2.05, 4.69) is 22.0 Å². The van der Waals surface area contributed by atoms with E-state index in [4.69, 9.17) is 21.1 Å². The number of rotatable bonds is 4. The lowest BCUT2D eigenvalue weighted by Gasteiger charge is -2.18. The molecule has 2 atom stereocenters. The minimum absolute atomic E-state index is 0.124. The Bertz CT molecular complexity index is 644. The fraction of sp³-hybridized carbons (Fsp3) is 0.294. The van der Waals surface area contributed by atoms with Gasteiger partial charge in [0.15, 0.2) is 0 Å². The summed E-state index contributed by atoms with van der Waals surface area (Å²) in [5, 5.41) is -0.124. The number of hydrogen-bond donors (Lipinski definition) is 0. The molecule has 1 heterocycles. The van der Waals surface area contributed by atoms with Crippen LogP contribution in [-0.2, 0) is 0 Å². The van der Waals surface area contributed by atoms with Crippen LogP contribution in [-0.4, -0.2) is 13.2 Å². The molecule has 110 valence electrons. The lowest BCUT2D eigenvalue weighted by molar-refractivity contribution is 0.327. The zero-order valence-electron chi connectivity index (χ0n) is 11.7. The molecule has 0 bridgehead atoms. The first kappa shape index (κ1) is 14.7. The lowest BCUT2D eigenvalue weighted by Crippen LogP contribution is -2.08. The Labute approximate surface area is 138 Å². The van der Waals surface area contributed by atoms with Crippen molar-refractivity contribution in [2.24, 2.45) is 0 Å². The predicted molar refractivity (Wildman–Crippen MR) is 88.6 cm³/mol. The average molecular weight is 368 g/mol. The van der Waals surface area contributed by atoms with Crippen LogP contribution >= 0.6 is 27.5 Å². The molecule has 0 radical (unpaired) electrons. The van der Waals surface area contributed by atoms with Gasteiger partial charge in [-0.3, -0.25) is 0 Å². The van der Waals surface area contributed by atoms with Crippen molar-refractivity contribution in [2.75, 3.05) is 13.2 Å². The number of hydrogen-bond acceptors (Lipinski definition) is 2. The molecule has 0 fully saturated rings. The van der Waals surface area contributed by atoms with Crippen molar-refractivity contribution in [1.29, 1.82) is 0 Å². The van der Waals surface area contributed by atoms with Gasteiger partial charge in [0.25, 0.3) is 0 Å². The van der Waals surface area contributed by atoms with Crippen molar-refractivity contribution in [2.45, 2.75) is 18.2 Å². The van der Waals surface area contributed by atoms with Crippen LogP contribution in [0, 0.1) is 0 Å². The Balaban J connectivity index is 1.86. The number of benzene rings is 2. The third-order valence-electron chi connectivity index (χ3n) is 3.66. The lowest BCUT2D eigenvalue weighted by atomic mass is 9.93. The molecule has 21 heavy (non-hydrogen) atoms. The molecule has 1 aliphatic heterocycles. The molecule has 3 rings (SSSR count). The summed E-state index contributed by atoms with van der Waals surface area (Å²) < 4.78 is 12.2. The van der Waals surface area contributed by atoms with E-state index in [1.807, 2.05) is 43.3 Å². The number of ether oxygens (including phenoxy) is 2. The minimum Gasteiger partial charge on any atom is -0.493 e. The standard InChI is InChI=1S/C17H16BrClO2/c1-2-20-16-8-7-11(9-14(16)18)17(19)13-10-21-15-6-4-3-5-12(13)15/h3-9,13,17H,2,10H2,1H3. The fourth-order valence-electron chi connectivity index (χ4n) is 2.62. The molecule has 0 aliphatic carbocycles. The number of alkyl halides is 1. The van der Waals surface area contributed by atoms with Crippen LogP contribution in [0.2, 0.25) is 0 Å². The highest BCUT2D eigenvalue weighted by molar-refractivity contribution is 9.10. The first-order chi connectivity index (χ1) is 10.2. The van der Waals surface area contributed by atoms with Crippen LogP contribution < -0.4 is 9.47 Å². The second-order valence-electron chi connectivity index (χ2n) is 4.98. The van der Waals surface area contributed by atoms with E-state index < -0.39 is 0 Å². The Kier molecular flexibility index (Phi) is 4.41. The van der Waals surface area contributed by atoms with Crippen LogP contribution in [0.25, 0.3) is 0 Å². The molecular formula is C17H16BrClO2. The number of halogens is 2. The first-order valence-corrected chi connectivity index (χ1v) is 8.21. The van der Waals surface area contributed by atoms with Gasteiger partial charge in [-0.05, 0) is 46.6 Å². The summed E-state index contributed by atoms with van der Waals surface area (Å²) in [4.78, 5) is 0. The Morgan fingerprint density at radius 1 is 1.33 bits per heavy atom. The summed E-state index contributed by atoms with van der Waals surface area (Å²) in [5.41, 5.74) is 2.25. The van der Waals surface area contributed by atoms with Crippen LogP contribution in [0.3, 0.4) is 0 Å². The average Bonchev–Trinajstić information content (AvgIpc) is 2.93. The summed E-state index contributed by atoms with van der Waals surface area (Å²) in [6, 6.07) is 14.1. The van der Waals surface area contributed by atoms with Crippen LogP contribution in [0.5, 0.6) is 11.5 Å². The van der Waals surface area contributed by atoms with Crippen LogP contribution in [0.4, 0.5) is 0 Å². The third kappa shape index (κ3) is 2.90. The van der Waals surface area contributed by atoms with Gasteiger partial charge in [0.05, 0.1) is 23.1 Å². The monoisotopic (exact) mass is 366 g/mol. The maximum absolute atomic E-state index is 6.70. The van der Waals surface area contributed by atoms with E-state index in [-0.39, 0.29) is 11.3 Å². The summed E-state index contributed by atoms with van der Waals surface area (Å²) in [6.45, 7) is 3.24. The van der Waals surface area contributed by atoms with Gasteiger partial charge < -0.3 is 9.47 Å². The number of fused-ring (bicyclic) bond motifs is 1. The van der Waals surface area contributed by atoms with Gasteiger partial charge >= 0.3 is 0 Å². The molecule has 2 nitrogen and oxygen atoms in total. The Morgan fingerprint density at radius 3 is 2.90 bits per heavy atom. The zero-order valence-corrected chi connectivity index (χ0v) is 14.0. The van der Waals surface area contributed by atoms with Crippen LogP contribution in [0.1, 0.15) is 29.3 Å². The van der Waals surface area contributed by atoms with E-state index in [1.54, 1.807) is 0 Å². The predicted octanol–water partition coefficient (Wildman–Crippen LogP) is 5.30. The molecule has 0 saturated heterocycles. The Hall–Kier alpha value is -1.19. The molecule has 0 spiro atoms. The van der Waals surface area contributed by atoms with Gasteiger partial charge in [-0.25, -0.2) is 0 Å². The maximum atomic E-state index is 6.70. The SMILES string of the molecule is CCOc1ccc(C(Cl)C2COc3ccccc32)cc1Br.